The van der Waals surface area contributed by atoms with Crippen molar-refractivity contribution >= 4 is 77.7 Å². The number of hydrogen-bond acceptors (Lipinski definition) is 6. The first kappa shape index (κ1) is 39.8. The molecule has 0 unspecified atom stereocenters. The molecule has 16 heteroatoms. The van der Waals surface area contributed by atoms with Crippen molar-refractivity contribution in [3.8, 4) is 0 Å². The normalized spacial score (nSPS) is 12.4. The summed E-state index contributed by atoms with van der Waals surface area (Å²) in [4.78, 5) is 24.9. The molecule has 0 aliphatic rings. The molecule has 8 nitrogen and oxygen atoms in total. The third-order valence-electron chi connectivity index (χ3n) is 7.24. The summed E-state index contributed by atoms with van der Waals surface area (Å²) in [5, 5.41) is 6.11. The third kappa shape index (κ3) is 9.34. The van der Waals surface area contributed by atoms with Gasteiger partial charge in [0.1, 0.15) is 9.49 Å². The number of rotatable bonds is 8. The lowest BCUT2D eigenvalue weighted by Gasteiger charge is -2.24. The second kappa shape index (κ2) is 15.1. The van der Waals surface area contributed by atoms with E-state index in [1.54, 1.807) is 24.3 Å². The Morgan fingerprint density at radius 1 is 0.551 bits per heavy atom. The molecule has 0 saturated heterocycles. The fourth-order valence-electron chi connectivity index (χ4n) is 3.93. The largest absolute Gasteiger partial charge is 0.416 e. The van der Waals surface area contributed by atoms with E-state index in [2.05, 4.69) is 10.6 Å². The maximum atomic E-state index is 12.8. The van der Waals surface area contributed by atoms with Crippen LogP contribution < -0.4 is 10.6 Å². The minimum atomic E-state index is -4.58. The zero-order valence-electron chi connectivity index (χ0n) is 26.3. The summed E-state index contributed by atoms with van der Waals surface area (Å²) in [7, 11) is -7.99. The summed E-state index contributed by atoms with van der Waals surface area (Å²) >= 11 is 17.3. The summed E-state index contributed by atoms with van der Waals surface area (Å²) in [5.41, 5.74) is -0.628. The van der Waals surface area contributed by atoms with Gasteiger partial charge in [0.05, 0.1) is 15.4 Å². The van der Waals surface area contributed by atoms with Crippen molar-refractivity contribution in [2.75, 3.05) is 10.6 Å². The van der Waals surface area contributed by atoms with Crippen LogP contribution in [0.25, 0.3) is 0 Å². The fraction of sp³-hybridized carbons (Fsp3) is 0.212. The number of nitrogens with one attached hydrogen (secondary N) is 2. The Morgan fingerprint density at radius 2 is 0.898 bits per heavy atom. The van der Waals surface area contributed by atoms with Gasteiger partial charge in [-0.15, -0.1) is 0 Å². The van der Waals surface area contributed by atoms with Gasteiger partial charge in [0, 0.05) is 26.4 Å². The van der Waals surface area contributed by atoms with Crippen molar-refractivity contribution < 1.29 is 39.6 Å². The lowest BCUT2D eigenvalue weighted by atomic mass is 10.1. The van der Waals surface area contributed by atoms with Gasteiger partial charge in [-0.25, -0.2) is 16.8 Å². The molecule has 0 aliphatic heterocycles. The summed E-state index contributed by atoms with van der Waals surface area (Å²) in [6.45, 7) is 5.09. The number of carbonyl (C=O) groups is 2. The number of amides is 2. The smallest absolute Gasteiger partial charge is 0.325 e. The zero-order chi connectivity index (χ0) is 37.0. The van der Waals surface area contributed by atoms with E-state index in [0.29, 0.717) is 20.8 Å². The minimum Gasteiger partial charge on any atom is -0.325 e. The van der Waals surface area contributed by atoms with Crippen LogP contribution in [0.4, 0.5) is 24.5 Å². The predicted molar refractivity (Wildman–Crippen MR) is 186 cm³/mol. The van der Waals surface area contributed by atoms with Gasteiger partial charge >= 0.3 is 6.18 Å². The highest BCUT2D eigenvalue weighted by Gasteiger charge is 2.44. The Hall–Kier alpha value is -3.62. The van der Waals surface area contributed by atoms with Crippen molar-refractivity contribution in [2.24, 2.45) is 0 Å². The van der Waals surface area contributed by atoms with E-state index in [4.69, 9.17) is 34.8 Å². The molecule has 0 atom stereocenters. The first-order chi connectivity index (χ1) is 22.5. The second-order valence-electron chi connectivity index (χ2n) is 11.4. The number of carbonyl (C=O) groups excluding carboxylic acids is 2. The average Bonchev–Trinajstić information content (AvgIpc) is 3.02. The molecule has 0 aliphatic carbocycles. The van der Waals surface area contributed by atoms with Gasteiger partial charge < -0.3 is 10.6 Å². The van der Waals surface area contributed by atoms with Crippen molar-refractivity contribution in [2.45, 2.75) is 53.2 Å². The second-order valence-corrected chi connectivity index (χ2v) is 17.7. The quantitative estimate of drug-likeness (QED) is 0.184. The van der Waals surface area contributed by atoms with E-state index in [9.17, 15) is 39.6 Å². The van der Waals surface area contributed by atoms with Crippen LogP contribution in [0.2, 0.25) is 15.1 Å². The van der Waals surface area contributed by atoms with Crippen LogP contribution in [0.1, 0.15) is 33.3 Å². The van der Waals surface area contributed by atoms with Crippen LogP contribution >= 0.6 is 34.8 Å². The molecule has 4 aromatic rings. The molecule has 0 spiro atoms. The number of sulfone groups is 2. The Balaban J connectivity index is 0.000000267. The van der Waals surface area contributed by atoms with Gasteiger partial charge in [0.25, 0.3) is 0 Å². The van der Waals surface area contributed by atoms with Crippen molar-refractivity contribution in [3.05, 3.63) is 118 Å². The average molecular weight is 778 g/mol. The molecular formula is C33H30Cl3F3N2O6S2. The third-order valence-corrected chi connectivity index (χ3v) is 12.8. The van der Waals surface area contributed by atoms with E-state index in [1.165, 1.54) is 82.3 Å². The monoisotopic (exact) mass is 776 g/mol. The van der Waals surface area contributed by atoms with Crippen LogP contribution in [0, 0.1) is 0 Å². The van der Waals surface area contributed by atoms with Gasteiger partial charge in [0.15, 0.2) is 19.7 Å². The van der Waals surface area contributed by atoms with E-state index in [1.807, 2.05) is 0 Å². The lowest BCUT2D eigenvalue weighted by molar-refractivity contribution is -0.137. The maximum Gasteiger partial charge on any atom is 0.416 e. The van der Waals surface area contributed by atoms with Crippen LogP contribution in [-0.4, -0.2) is 38.1 Å². The number of halogens is 6. The number of alkyl halides is 3. The van der Waals surface area contributed by atoms with Gasteiger partial charge in [-0.2, -0.15) is 13.2 Å². The Kier molecular flexibility index (Phi) is 12.3. The van der Waals surface area contributed by atoms with Gasteiger partial charge in [0.2, 0.25) is 11.8 Å². The van der Waals surface area contributed by atoms with Gasteiger partial charge in [-0.3, -0.25) is 9.59 Å². The Labute approximate surface area is 297 Å². The maximum absolute atomic E-state index is 12.8. The molecule has 0 aromatic heterocycles. The molecule has 2 amide bonds. The Morgan fingerprint density at radius 3 is 1.27 bits per heavy atom. The molecule has 0 radical (unpaired) electrons. The van der Waals surface area contributed by atoms with E-state index in [0.717, 1.165) is 18.2 Å². The minimum absolute atomic E-state index is 0.0400. The fourth-order valence-corrected chi connectivity index (χ4v) is 7.07. The van der Waals surface area contributed by atoms with Crippen LogP contribution in [0.3, 0.4) is 0 Å². The molecule has 0 bridgehead atoms. The lowest BCUT2D eigenvalue weighted by Crippen LogP contribution is -2.44. The summed E-state index contributed by atoms with van der Waals surface area (Å²) in [6.07, 6.45) is -4.58. The summed E-state index contributed by atoms with van der Waals surface area (Å²) in [5.74, 6) is -1.58. The number of hydrogen-bond donors (Lipinski definition) is 2. The van der Waals surface area contributed by atoms with Gasteiger partial charge in [-0.05, 0) is 119 Å². The highest BCUT2D eigenvalue weighted by Crippen LogP contribution is 2.32. The topological polar surface area (TPSA) is 126 Å². The van der Waals surface area contributed by atoms with Crippen molar-refractivity contribution in [3.63, 3.8) is 0 Å². The standard InChI is InChI=1S/C17H15ClF3NO3S.C16H15Cl2NO3S/c1-16(2,26(24,25)14-8-6-12(18)7-9-14)15(23)22-13-5-3-4-11(10-13)17(19,20)21;1-16(2,15(20)19-13-7-3-11(17)4-8-13)23(21,22)14-9-5-12(18)6-10-14/h3-10H,1-2H3,(H,22,23);3-10H,1-2H3,(H,19,20). The zero-order valence-corrected chi connectivity index (χ0v) is 30.2. The number of benzene rings is 4. The molecule has 0 heterocycles. The molecule has 262 valence electrons. The first-order valence-electron chi connectivity index (χ1n) is 14.1. The molecule has 0 fully saturated rings. The summed E-state index contributed by atoms with van der Waals surface area (Å²) in [6, 6.07) is 21.4. The van der Waals surface area contributed by atoms with Crippen molar-refractivity contribution in [1.29, 1.82) is 0 Å². The molecule has 2 N–H and O–H groups in total. The van der Waals surface area contributed by atoms with E-state index < -0.39 is 52.7 Å². The highest BCUT2D eigenvalue weighted by atomic mass is 35.5. The van der Waals surface area contributed by atoms with Gasteiger partial charge in [-0.1, -0.05) is 40.9 Å². The Bertz CT molecular complexity index is 2040. The van der Waals surface area contributed by atoms with Crippen molar-refractivity contribution in [1.82, 2.24) is 0 Å². The molecule has 49 heavy (non-hydrogen) atoms. The number of anilines is 2. The van der Waals surface area contributed by atoms with E-state index >= 15 is 0 Å². The van der Waals surface area contributed by atoms with Crippen LogP contribution in [-0.2, 0) is 35.4 Å². The van der Waals surface area contributed by atoms with Crippen LogP contribution in [0.5, 0.6) is 0 Å². The van der Waals surface area contributed by atoms with Crippen LogP contribution in [0.15, 0.2) is 107 Å². The molecule has 4 rings (SSSR count). The molecular weight excluding hydrogens is 748 g/mol. The predicted octanol–water partition coefficient (Wildman–Crippen LogP) is 8.73. The first-order valence-corrected chi connectivity index (χ1v) is 18.2. The van der Waals surface area contributed by atoms with E-state index in [-0.39, 0.29) is 15.5 Å². The molecule has 0 saturated carbocycles. The molecule has 4 aromatic carbocycles. The summed E-state index contributed by atoms with van der Waals surface area (Å²) < 4.78 is 85.6. The highest BCUT2D eigenvalue weighted by molar-refractivity contribution is 7.94. The SMILES string of the molecule is CC(C)(C(=O)Nc1ccc(Cl)cc1)S(=O)(=O)c1ccc(Cl)cc1.CC(C)(C(=O)Nc1cccc(C(F)(F)F)c1)S(=O)(=O)c1ccc(Cl)cc1.